The van der Waals surface area contributed by atoms with Gasteiger partial charge in [0.25, 0.3) is 0 Å². The lowest BCUT2D eigenvalue weighted by Crippen LogP contribution is -2.29. The molecule has 0 aromatic carbocycles. The highest BCUT2D eigenvalue weighted by atomic mass is 35.5. The highest BCUT2D eigenvalue weighted by Crippen LogP contribution is 2.29. The summed E-state index contributed by atoms with van der Waals surface area (Å²) < 4.78 is 0. The van der Waals surface area contributed by atoms with Gasteiger partial charge in [0.15, 0.2) is 0 Å². The molecule has 16 heavy (non-hydrogen) atoms. The van der Waals surface area contributed by atoms with Gasteiger partial charge in [-0.2, -0.15) is 5.26 Å². The van der Waals surface area contributed by atoms with Crippen LogP contribution in [0.2, 0.25) is 0 Å². The monoisotopic (exact) mass is 257 g/mol. The summed E-state index contributed by atoms with van der Waals surface area (Å²) in [4.78, 5) is 3.53. The molecule has 5 heteroatoms. The minimum Gasteiger partial charge on any atom is -0.383 e. The summed E-state index contributed by atoms with van der Waals surface area (Å²) in [7, 11) is 5.56. The van der Waals surface area contributed by atoms with Crippen molar-refractivity contribution in [2.75, 3.05) is 21.1 Å². The van der Waals surface area contributed by atoms with E-state index in [1.165, 1.54) is 0 Å². The van der Waals surface area contributed by atoms with Gasteiger partial charge in [-0.1, -0.05) is 23.2 Å². The highest BCUT2D eigenvalue weighted by molar-refractivity contribution is 6.31. The number of likely N-dealkylation sites (N-methyl/N-ethyl adjacent to an activating group) is 1. The fourth-order valence-corrected chi connectivity index (χ4v) is 1.78. The molecule has 3 nitrogen and oxygen atoms in total. The molecule has 0 saturated carbocycles. The second-order valence-corrected chi connectivity index (χ2v) is 4.47. The van der Waals surface area contributed by atoms with E-state index < -0.39 is 5.50 Å². The molecule has 0 N–H and O–H groups in total. The normalized spacial score (nSPS) is 21.1. The van der Waals surface area contributed by atoms with E-state index in [0.29, 0.717) is 10.7 Å². The van der Waals surface area contributed by atoms with Crippen molar-refractivity contribution in [1.29, 1.82) is 5.26 Å². The number of nitrogens with zero attached hydrogens (tertiary/aromatic N) is 3. The molecule has 86 valence electrons. The second-order valence-electron chi connectivity index (χ2n) is 3.67. The number of halogens is 2. The molecule has 0 aromatic rings. The van der Waals surface area contributed by atoms with Crippen LogP contribution in [0.1, 0.15) is 0 Å². The molecule has 0 aromatic heterocycles. The maximum atomic E-state index is 9.06. The van der Waals surface area contributed by atoms with Crippen molar-refractivity contribution in [3.05, 3.63) is 34.7 Å². The molecule has 0 bridgehead atoms. The van der Waals surface area contributed by atoms with Crippen molar-refractivity contribution >= 4 is 23.2 Å². The first-order valence-electron chi connectivity index (χ1n) is 4.70. The van der Waals surface area contributed by atoms with Gasteiger partial charge in [0.2, 0.25) is 0 Å². The Bertz CT molecular complexity index is 402. The standard InChI is InChI=1S/C11H13Cl2N3/c1-15(2)5-4-8-6-10(12)16(3)11(13)9(8)7-14/h4-6,11H,1-3H3/b5-4+. The average Bonchev–Trinajstić information content (AvgIpc) is 2.23. The van der Waals surface area contributed by atoms with E-state index >= 15 is 0 Å². The van der Waals surface area contributed by atoms with Crippen LogP contribution in [0.4, 0.5) is 0 Å². The molecular weight excluding hydrogens is 245 g/mol. The zero-order chi connectivity index (χ0) is 12.3. The van der Waals surface area contributed by atoms with Gasteiger partial charge in [-0.3, -0.25) is 0 Å². The minimum absolute atomic E-state index is 0.506. The second kappa shape index (κ2) is 5.29. The average molecular weight is 258 g/mol. The maximum Gasteiger partial charge on any atom is 0.140 e. The number of hydrogen-bond acceptors (Lipinski definition) is 3. The van der Waals surface area contributed by atoms with E-state index in [4.69, 9.17) is 28.5 Å². The quantitative estimate of drug-likeness (QED) is 0.563. The molecule has 1 aliphatic heterocycles. The third-order valence-corrected chi connectivity index (χ3v) is 3.06. The largest absolute Gasteiger partial charge is 0.383 e. The molecule has 1 atom stereocenters. The van der Waals surface area contributed by atoms with Crippen LogP contribution in [0, 0.1) is 11.3 Å². The van der Waals surface area contributed by atoms with E-state index in [-0.39, 0.29) is 0 Å². The highest BCUT2D eigenvalue weighted by Gasteiger charge is 2.24. The third kappa shape index (κ3) is 2.72. The summed E-state index contributed by atoms with van der Waals surface area (Å²) in [5.74, 6) is 0. The first kappa shape index (κ1) is 13.0. The minimum atomic E-state index is -0.510. The summed E-state index contributed by atoms with van der Waals surface area (Å²) in [6.45, 7) is 0. The van der Waals surface area contributed by atoms with Crippen molar-refractivity contribution in [2.24, 2.45) is 0 Å². The Labute approximate surface area is 106 Å². The molecule has 1 unspecified atom stereocenters. The van der Waals surface area contributed by atoms with E-state index in [2.05, 4.69) is 6.07 Å². The molecule has 0 saturated heterocycles. The lowest BCUT2D eigenvalue weighted by Gasteiger charge is -2.28. The number of alkyl halides is 1. The topological polar surface area (TPSA) is 30.3 Å². The van der Waals surface area contributed by atoms with Crippen LogP contribution in [-0.4, -0.2) is 36.4 Å². The van der Waals surface area contributed by atoms with Gasteiger partial charge in [0.1, 0.15) is 10.7 Å². The van der Waals surface area contributed by atoms with Crippen LogP contribution in [0.25, 0.3) is 0 Å². The Morgan fingerprint density at radius 1 is 1.56 bits per heavy atom. The summed E-state index contributed by atoms with van der Waals surface area (Å²) in [5.41, 5.74) is 0.746. The Morgan fingerprint density at radius 2 is 2.19 bits per heavy atom. The van der Waals surface area contributed by atoms with Gasteiger partial charge in [-0.05, 0) is 23.9 Å². The fraction of sp³-hybridized carbons (Fsp3) is 0.364. The van der Waals surface area contributed by atoms with Crippen molar-refractivity contribution in [3.63, 3.8) is 0 Å². The molecule has 1 heterocycles. The number of allylic oxidation sites excluding steroid dienone is 3. The van der Waals surface area contributed by atoms with Crippen LogP contribution >= 0.6 is 23.2 Å². The van der Waals surface area contributed by atoms with Gasteiger partial charge in [-0.15, -0.1) is 0 Å². The van der Waals surface area contributed by atoms with Crippen molar-refractivity contribution < 1.29 is 0 Å². The molecule has 0 radical (unpaired) electrons. The van der Waals surface area contributed by atoms with Crippen molar-refractivity contribution in [3.8, 4) is 6.07 Å². The maximum absolute atomic E-state index is 9.06. The Morgan fingerprint density at radius 3 is 2.69 bits per heavy atom. The first-order valence-corrected chi connectivity index (χ1v) is 5.51. The zero-order valence-electron chi connectivity index (χ0n) is 9.41. The summed E-state index contributed by atoms with van der Waals surface area (Å²) >= 11 is 12.1. The summed E-state index contributed by atoms with van der Waals surface area (Å²) in [5, 5.41) is 9.59. The molecule has 1 rings (SSSR count). The van der Waals surface area contributed by atoms with Gasteiger partial charge in [-0.25, -0.2) is 0 Å². The SMILES string of the molecule is CN(C)/C=C/C1=C(C#N)C(Cl)N(C)C(Cl)=C1. The van der Waals surface area contributed by atoms with Gasteiger partial charge >= 0.3 is 0 Å². The Balaban J connectivity index is 3.13. The van der Waals surface area contributed by atoms with Crippen LogP contribution in [0.5, 0.6) is 0 Å². The van der Waals surface area contributed by atoms with Gasteiger partial charge < -0.3 is 9.80 Å². The number of nitriles is 1. The predicted octanol–water partition coefficient (Wildman–Crippen LogP) is 2.47. The van der Waals surface area contributed by atoms with Gasteiger partial charge in [0.05, 0.1) is 11.6 Å². The Hall–Kier alpha value is -1.11. The van der Waals surface area contributed by atoms with E-state index in [0.717, 1.165) is 5.57 Å². The van der Waals surface area contributed by atoms with Crippen LogP contribution in [0.3, 0.4) is 0 Å². The Kier molecular flexibility index (Phi) is 4.28. The van der Waals surface area contributed by atoms with Crippen LogP contribution in [0.15, 0.2) is 34.7 Å². The molecule has 0 fully saturated rings. The van der Waals surface area contributed by atoms with Gasteiger partial charge in [0, 0.05) is 21.1 Å². The molecule has 0 aliphatic carbocycles. The molecule has 0 amide bonds. The lowest BCUT2D eigenvalue weighted by molar-refractivity contribution is 0.442. The van der Waals surface area contributed by atoms with Crippen LogP contribution in [-0.2, 0) is 0 Å². The van der Waals surface area contributed by atoms with Crippen molar-refractivity contribution in [1.82, 2.24) is 9.80 Å². The van der Waals surface area contributed by atoms with Crippen molar-refractivity contribution in [2.45, 2.75) is 5.50 Å². The fourth-order valence-electron chi connectivity index (χ4n) is 1.23. The first-order chi connectivity index (χ1) is 7.47. The van der Waals surface area contributed by atoms with E-state index in [9.17, 15) is 0 Å². The predicted molar refractivity (Wildman–Crippen MR) is 66.8 cm³/mol. The van der Waals surface area contributed by atoms with E-state index in [1.807, 2.05) is 31.3 Å². The van der Waals surface area contributed by atoms with Crippen LogP contribution < -0.4 is 0 Å². The zero-order valence-corrected chi connectivity index (χ0v) is 10.9. The summed E-state index contributed by atoms with van der Waals surface area (Å²) in [6, 6.07) is 2.11. The summed E-state index contributed by atoms with van der Waals surface area (Å²) in [6.07, 6.45) is 5.41. The third-order valence-electron chi connectivity index (χ3n) is 2.17. The van der Waals surface area contributed by atoms with E-state index in [1.54, 1.807) is 18.0 Å². The number of rotatable bonds is 2. The number of hydrogen-bond donors (Lipinski definition) is 0. The smallest absolute Gasteiger partial charge is 0.140 e. The lowest BCUT2D eigenvalue weighted by atomic mass is 10.1. The molecule has 1 aliphatic rings. The molecular formula is C11H13Cl2N3. The molecule has 0 spiro atoms.